The molecular weight excluding hydrogens is 284 g/mol. The van der Waals surface area contributed by atoms with Gasteiger partial charge in [-0.25, -0.2) is 4.79 Å². The number of carbonyl (C=O) groups is 2. The topological polar surface area (TPSA) is 87.7 Å². The van der Waals surface area contributed by atoms with Gasteiger partial charge in [0.15, 0.2) is 0 Å². The fourth-order valence-corrected chi connectivity index (χ4v) is 2.17. The lowest BCUT2D eigenvalue weighted by atomic mass is 10.0. The number of rotatable bonds is 3. The van der Waals surface area contributed by atoms with Crippen molar-refractivity contribution >= 4 is 29.3 Å². The number of aryl methyl sites for hydroxylation is 1. The maximum absolute atomic E-state index is 11.9. The first-order chi connectivity index (χ1) is 9.47. The summed E-state index contributed by atoms with van der Waals surface area (Å²) >= 11 is 5.97. The first-order valence-corrected chi connectivity index (χ1v) is 6.49. The van der Waals surface area contributed by atoms with Crippen molar-refractivity contribution in [3.63, 3.8) is 0 Å². The number of urea groups is 1. The molecule has 3 N–H and O–H groups in total. The predicted octanol–water partition coefficient (Wildman–Crippen LogP) is 1.87. The number of nitrogens with one attached hydrogen (secondary N) is 2. The van der Waals surface area contributed by atoms with E-state index >= 15 is 0 Å². The molecule has 1 heterocycles. The van der Waals surface area contributed by atoms with Crippen molar-refractivity contribution in [2.24, 2.45) is 5.92 Å². The number of amides is 2. The highest BCUT2D eigenvalue weighted by molar-refractivity contribution is 6.33. The van der Waals surface area contributed by atoms with Crippen LogP contribution in [0.15, 0.2) is 18.2 Å². The lowest BCUT2D eigenvalue weighted by Gasteiger charge is -2.16. The number of ether oxygens (including phenoxy) is 1. The van der Waals surface area contributed by atoms with Gasteiger partial charge in [-0.2, -0.15) is 0 Å². The van der Waals surface area contributed by atoms with E-state index in [9.17, 15) is 9.59 Å². The van der Waals surface area contributed by atoms with E-state index in [-0.39, 0.29) is 13.2 Å². The third-order valence-corrected chi connectivity index (χ3v) is 3.41. The van der Waals surface area contributed by atoms with Crippen LogP contribution in [0, 0.1) is 12.8 Å². The maximum Gasteiger partial charge on any atom is 0.319 e. The van der Waals surface area contributed by atoms with Crippen molar-refractivity contribution in [3.8, 4) is 0 Å². The van der Waals surface area contributed by atoms with Gasteiger partial charge in [0.1, 0.15) is 5.92 Å². The summed E-state index contributed by atoms with van der Waals surface area (Å²) in [6.45, 7) is 2.17. The SMILES string of the molecule is Cc1ccc(Cl)c(NC(=O)NC2COCC2C(=O)O)c1. The van der Waals surface area contributed by atoms with E-state index in [4.69, 9.17) is 21.4 Å². The minimum Gasteiger partial charge on any atom is -0.481 e. The summed E-state index contributed by atoms with van der Waals surface area (Å²) in [7, 11) is 0. The molecule has 1 aliphatic heterocycles. The lowest BCUT2D eigenvalue weighted by Crippen LogP contribution is -2.44. The minimum atomic E-state index is -0.985. The third-order valence-electron chi connectivity index (χ3n) is 3.08. The Morgan fingerprint density at radius 2 is 2.15 bits per heavy atom. The van der Waals surface area contributed by atoms with Crippen molar-refractivity contribution in [2.45, 2.75) is 13.0 Å². The molecule has 2 rings (SSSR count). The molecule has 0 bridgehead atoms. The van der Waals surface area contributed by atoms with Crippen LogP contribution >= 0.6 is 11.6 Å². The standard InChI is InChI=1S/C13H15ClN2O4/c1-7-2-3-9(14)10(4-7)15-13(19)16-11-6-20-5-8(11)12(17)18/h2-4,8,11H,5-6H2,1H3,(H,17,18)(H2,15,16,19). The number of benzene rings is 1. The molecule has 1 aromatic carbocycles. The Labute approximate surface area is 121 Å². The highest BCUT2D eigenvalue weighted by Crippen LogP contribution is 2.22. The normalized spacial score (nSPS) is 21.5. The van der Waals surface area contributed by atoms with Gasteiger partial charge in [-0.1, -0.05) is 17.7 Å². The molecule has 6 nitrogen and oxygen atoms in total. The zero-order valence-corrected chi connectivity index (χ0v) is 11.6. The summed E-state index contributed by atoms with van der Waals surface area (Å²) in [5, 5.41) is 14.6. The van der Waals surface area contributed by atoms with E-state index in [1.807, 2.05) is 13.0 Å². The Morgan fingerprint density at radius 1 is 1.40 bits per heavy atom. The van der Waals surface area contributed by atoms with Gasteiger partial charge in [-0.15, -0.1) is 0 Å². The molecule has 1 aliphatic rings. The van der Waals surface area contributed by atoms with E-state index < -0.39 is 24.0 Å². The molecule has 1 fully saturated rings. The fraction of sp³-hybridized carbons (Fsp3) is 0.385. The van der Waals surface area contributed by atoms with Crippen LogP contribution in [0.5, 0.6) is 0 Å². The van der Waals surface area contributed by atoms with Gasteiger partial charge in [-0.05, 0) is 24.6 Å². The van der Waals surface area contributed by atoms with Gasteiger partial charge in [0.05, 0.1) is 30.0 Å². The number of carbonyl (C=O) groups excluding carboxylic acids is 1. The lowest BCUT2D eigenvalue weighted by molar-refractivity contribution is -0.142. The van der Waals surface area contributed by atoms with E-state index in [1.54, 1.807) is 12.1 Å². The van der Waals surface area contributed by atoms with Crippen molar-refractivity contribution in [2.75, 3.05) is 18.5 Å². The smallest absolute Gasteiger partial charge is 0.319 e. The predicted molar refractivity (Wildman–Crippen MR) is 74.1 cm³/mol. The van der Waals surface area contributed by atoms with Crippen LogP contribution in [0.3, 0.4) is 0 Å². The van der Waals surface area contributed by atoms with Gasteiger partial charge in [0, 0.05) is 0 Å². The molecule has 1 saturated heterocycles. The minimum absolute atomic E-state index is 0.103. The fourth-order valence-electron chi connectivity index (χ4n) is 2.00. The average Bonchev–Trinajstić information content (AvgIpc) is 2.82. The van der Waals surface area contributed by atoms with Crippen molar-refractivity contribution < 1.29 is 19.4 Å². The number of aliphatic carboxylic acids is 1. The Hall–Kier alpha value is -1.79. The second kappa shape index (κ2) is 6.11. The molecule has 20 heavy (non-hydrogen) atoms. The molecule has 2 amide bonds. The summed E-state index contributed by atoms with van der Waals surface area (Å²) in [5.41, 5.74) is 1.44. The molecule has 108 valence electrons. The van der Waals surface area contributed by atoms with Crippen molar-refractivity contribution in [1.29, 1.82) is 0 Å². The highest BCUT2D eigenvalue weighted by Gasteiger charge is 2.35. The second-order valence-corrected chi connectivity index (χ2v) is 5.08. The summed E-state index contributed by atoms with van der Waals surface area (Å²) in [6.07, 6.45) is 0. The summed E-state index contributed by atoms with van der Waals surface area (Å²) in [6, 6.07) is 4.21. The molecule has 7 heteroatoms. The number of anilines is 1. The molecular formula is C13H15ClN2O4. The van der Waals surface area contributed by atoms with Crippen LogP contribution < -0.4 is 10.6 Å². The molecule has 2 unspecified atom stereocenters. The first kappa shape index (κ1) is 14.6. The monoisotopic (exact) mass is 298 g/mol. The van der Waals surface area contributed by atoms with E-state index in [2.05, 4.69) is 10.6 Å². The van der Waals surface area contributed by atoms with E-state index in [1.165, 1.54) is 0 Å². The Kier molecular flexibility index (Phi) is 4.46. The Morgan fingerprint density at radius 3 is 2.85 bits per heavy atom. The molecule has 0 radical (unpaired) electrons. The van der Waals surface area contributed by atoms with Crippen LogP contribution in [0.1, 0.15) is 5.56 Å². The van der Waals surface area contributed by atoms with Gasteiger partial charge in [-0.3, -0.25) is 4.79 Å². The molecule has 0 aromatic heterocycles. The average molecular weight is 299 g/mol. The van der Waals surface area contributed by atoms with Gasteiger partial charge in [0.25, 0.3) is 0 Å². The molecule has 1 aromatic rings. The van der Waals surface area contributed by atoms with Gasteiger partial charge < -0.3 is 20.5 Å². The number of hydrogen-bond acceptors (Lipinski definition) is 3. The van der Waals surface area contributed by atoms with Gasteiger partial charge >= 0.3 is 12.0 Å². The van der Waals surface area contributed by atoms with Crippen LogP contribution in [-0.2, 0) is 9.53 Å². The highest BCUT2D eigenvalue weighted by atomic mass is 35.5. The number of carboxylic acid groups (broad SMARTS) is 1. The number of halogens is 1. The Balaban J connectivity index is 1.99. The van der Waals surface area contributed by atoms with Gasteiger partial charge in [0.2, 0.25) is 0 Å². The Bertz CT molecular complexity index is 535. The van der Waals surface area contributed by atoms with Crippen molar-refractivity contribution in [1.82, 2.24) is 5.32 Å². The van der Waals surface area contributed by atoms with E-state index in [0.29, 0.717) is 10.7 Å². The van der Waals surface area contributed by atoms with Crippen LogP contribution in [-0.4, -0.2) is 36.4 Å². The zero-order chi connectivity index (χ0) is 14.7. The molecule has 0 aliphatic carbocycles. The number of carboxylic acids is 1. The largest absolute Gasteiger partial charge is 0.481 e. The first-order valence-electron chi connectivity index (χ1n) is 6.11. The molecule has 2 atom stereocenters. The van der Waals surface area contributed by atoms with Crippen LogP contribution in [0.25, 0.3) is 0 Å². The summed E-state index contributed by atoms with van der Waals surface area (Å²) < 4.78 is 5.08. The molecule has 0 spiro atoms. The summed E-state index contributed by atoms with van der Waals surface area (Å²) in [4.78, 5) is 22.8. The van der Waals surface area contributed by atoms with Crippen molar-refractivity contribution in [3.05, 3.63) is 28.8 Å². The number of hydrogen-bond donors (Lipinski definition) is 3. The van der Waals surface area contributed by atoms with E-state index in [0.717, 1.165) is 5.56 Å². The third kappa shape index (κ3) is 3.40. The quantitative estimate of drug-likeness (QED) is 0.795. The zero-order valence-electron chi connectivity index (χ0n) is 10.9. The van der Waals surface area contributed by atoms with Crippen LogP contribution in [0.2, 0.25) is 5.02 Å². The maximum atomic E-state index is 11.9. The summed E-state index contributed by atoms with van der Waals surface area (Å²) in [5.74, 6) is -1.71. The van der Waals surface area contributed by atoms with Crippen LogP contribution in [0.4, 0.5) is 10.5 Å². The molecule has 0 saturated carbocycles. The second-order valence-electron chi connectivity index (χ2n) is 4.67.